The number of rotatable bonds is 6. The van der Waals surface area contributed by atoms with Crippen molar-refractivity contribution in [1.29, 1.82) is 0 Å². The van der Waals surface area contributed by atoms with Crippen molar-refractivity contribution in [3.05, 3.63) is 41.7 Å². The van der Waals surface area contributed by atoms with E-state index in [2.05, 4.69) is 15.0 Å². The molecule has 0 bridgehead atoms. The molecule has 0 radical (unpaired) electrons. The molecule has 0 atom stereocenters. The molecular formula is C15H18N2O4. The zero-order valence-corrected chi connectivity index (χ0v) is 12.2. The summed E-state index contributed by atoms with van der Waals surface area (Å²) in [7, 11) is 4.57. The van der Waals surface area contributed by atoms with Gasteiger partial charge in [0.1, 0.15) is 17.2 Å². The zero-order chi connectivity index (χ0) is 15.2. The SMILES string of the molecule is COC(=O)c1ccc(CNc2cc(OC)ccc2OC)[nH]1. The Labute approximate surface area is 123 Å². The van der Waals surface area contributed by atoms with Crippen LogP contribution in [-0.4, -0.2) is 32.3 Å². The number of benzene rings is 1. The smallest absolute Gasteiger partial charge is 0.354 e. The van der Waals surface area contributed by atoms with Crippen molar-refractivity contribution in [2.24, 2.45) is 0 Å². The van der Waals surface area contributed by atoms with Gasteiger partial charge in [-0.2, -0.15) is 0 Å². The molecule has 6 nitrogen and oxygen atoms in total. The molecule has 112 valence electrons. The number of ether oxygens (including phenoxy) is 3. The average Bonchev–Trinajstić information content (AvgIpc) is 3.00. The van der Waals surface area contributed by atoms with E-state index >= 15 is 0 Å². The Morgan fingerprint density at radius 1 is 1.14 bits per heavy atom. The Balaban J connectivity index is 2.08. The van der Waals surface area contributed by atoms with Gasteiger partial charge in [0.15, 0.2) is 0 Å². The van der Waals surface area contributed by atoms with Gasteiger partial charge in [0.25, 0.3) is 0 Å². The molecule has 0 aliphatic heterocycles. The van der Waals surface area contributed by atoms with Crippen LogP contribution in [0.5, 0.6) is 11.5 Å². The fourth-order valence-corrected chi connectivity index (χ4v) is 1.92. The lowest BCUT2D eigenvalue weighted by Crippen LogP contribution is -2.04. The molecule has 0 aliphatic rings. The fourth-order valence-electron chi connectivity index (χ4n) is 1.92. The molecule has 2 aromatic rings. The van der Waals surface area contributed by atoms with Crippen molar-refractivity contribution in [3.63, 3.8) is 0 Å². The summed E-state index contributed by atoms with van der Waals surface area (Å²) >= 11 is 0. The first-order chi connectivity index (χ1) is 10.2. The molecule has 0 spiro atoms. The van der Waals surface area contributed by atoms with Crippen molar-refractivity contribution >= 4 is 11.7 Å². The molecule has 1 aromatic carbocycles. The van der Waals surface area contributed by atoms with Gasteiger partial charge in [-0.05, 0) is 24.3 Å². The quantitative estimate of drug-likeness (QED) is 0.799. The zero-order valence-electron chi connectivity index (χ0n) is 12.2. The number of anilines is 1. The number of aromatic nitrogens is 1. The Morgan fingerprint density at radius 3 is 2.62 bits per heavy atom. The molecule has 2 rings (SSSR count). The summed E-state index contributed by atoms with van der Waals surface area (Å²) in [5, 5.41) is 3.24. The lowest BCUT2D eigenvalue weighted by molar-refractivity contribution is 0.0594. The first kappa shape index (κ1) is 14.8. The Kier molecular flexibility index (Phi) is 4.71. The van der Waals surface area contributed by atoms with Gasteiger partial charge in [-0.25, -0.2) is 4.79 Å². The van der Waals surface area contributed by atoms with Gasteiger partial charge in [-0.3, -0.25) is 0 Å². The highest BCUT2D eigenvalue weighted by Gasteiger charge is 2.09. The lowest BCUT2D eigenvalue weighted by Gasteiger charge is -2.12. The average molecular weight is 290 g/mol. The minimum Gasteiger partial charge on any atom is -0.497 e. The topological polar surface area (TPSA) is 72.6 Å². The standard InChI is InChI=1S/C15H18N2O4/c1-19-11-5-7-14(20-2)13(8-11)16-9-10-4-6-12(17-10)15(18)21-3/h4-8,16-17H,9H2,1-3H3. The fraction of sp³-hybridized carbons (Fsp3) is 0.267. The van der Waals surface area contributed by atoms with Crippen LogP contribution in [0.4, 0.5) is 5.69 Å². The van der Waals surface area contributed by atoms with E-state index in [9.17, 15) is 4.79 Å². The Bertz CT molecular complexity index is 622. The second-order valence-electron chi connectivity index (χ2n) is 4.31. The minimum atomic E-state index is -0.389. The van der Waals surface area contributed by atoms with E-state index in [4.69, 9.17) is 9.47 Å². The van der Waals surface area contributed by atoms with Crippen LogP contribution in [0.15, 0.2) is 30.3 Å². The van der Waals surface area contributed by atoms with Crippen LogP contribution in [-0.2, 0) is 11.3 Å². The van der Waals surface area contributed by atoms with Crippen LogP contribution in [0.25, 0.3) is 0 Å². The summed E-state index contributed by atoms with van der Waals surface area (Å²) in [6.07, 6.45) is 0. The van der Waals surface area contributed by atoms with Gasteiger partial charge in [-0.15, -0.1) is 0 Å². The molecule has 1 heterocycles. The Morgan fingerprint density at radius 2 is 1.95 bits per heavy atom. The van der Waals surface area contributed by atoms with Crippen molar-refractivity contribution in [1.82, 2.24) is 4.98 Å². The summed E-state index contributed by atoms with van der Waals surface area (Å²) in [5.41, 5.74) is 2.10. The van der Waals surface area contributed by atoms with Crippen molar-refractivity contribution < 1.29 is 19.0 Å². The van der Waals surface area contributed by atoms with Crippen molar-refractivity contribution in [3.8, 4) is 11.5 Å². The van der Waals surface area contributed by atoms with Gasteiger partial charge in [0, 0.05) is 11.8 Å². The lowest BCUT2D eigenvalue weighted by atomic mass is 10.2. The number of carbonyl (C=O) groups is 1. The highest BCUT2D eigenvalue weighted by Crippen LogP contribution is 2.29. The summed E-state index contributed by atoms with van der Waals surface area (Å²) in [5.74, 6) is 1.07. The van der Waals surface area contributed by atoms with E-state index in [0.29, 0.717) is 12.2 Å². The normalized spacial score (nSPS) is 10.0. The number of H-pyrrole nitrogens is 1. The molecule has 0 unspecified atom stereocenters. The van der Waals surface area contributed by atoms with Crippen molar-refractivity contribution in [2.45, 2.75) is 6.54 Å². The van der Waals surface area contributed by atoms with E-state index < -0.39 is 0 Å². The molecular weight excluding hydrogens is 272 g/mol. The Hall–Kier alpha value is -2.63. The maximum absolute atomic E-state index is 11.4. The molecule has 0 saturated carbocycles. The minimum absolute atomic E-state index is 0.389. The largest absolute Gasteiger partial charge is 0.497 e. The van der Waals surface area contributed by atoms with E-state index in [-0.39, 0.29) is 5.97 Å². The number of esters is 1. The number of methoxy groups -OCH3 is 3. The van der Waals surface area contributed by atoms with Crippen LogP contribution in [0.1, 0.15) is 16.2 Å². The predicted octanol–water partition coefficient (Wildman–Crippen LogP) is 2.43. The number of carbonyl (C=O) groups excluding carboxylic acids is 1. The van der Waals surface area contributed by atoms with Gasteiger partial charge >= 0.3 is 5.97 Å². The summed E-state index contributed by atoms with van der Waals surface area (Å²) in [4.78, 5) is 14.4. The molecule has 6 heteroatoms. The van der Waals surface area contributed by atoms with Crippen LogP contribution >= 0.6 is 0 Å². The third-order valence-electron chi connectivity index (χ3n) is 3.03. The van der Waals surface area contributed by atoms with Crippen LogP contribution in [0.3, 0.4) is 0 Å². The molecule has 0 aliphatic carbocycles. The maximum atomic E-state index is 11.4. The van der Waals surface area contributed by atoms with E-state index in [1.807, 2.05) is 24.3 Å². The van der Waals surface area contributed by atoms with Gasteiger partial charge in [0.05, 0.1) is 33.6 Å². The second kappa shape index (κ2) is 6.69. The molecule has 2 N–H and O–H groups in total. The number of nitrogens with one attached hydrogen (secondary N) is 2. The van der Waals surface area contributed by atoms with Crippen molar-refractivity contribution in [2.75, 3.05) is 26.6 Å². The third-order valence-corrected chi connectivity index (χ3v) is 3.03. The molecule has 1 aromatic heterocycles. The monoisotopic (exact) mass is 290 g/mol. The van der Waals surface area contributed by atoms with Gasteiger partial charge in [-0.1, -0.05) is 0 Å². The van der Waals surface area contributed by atoms with Crippen LogP contribution in [0.2, 0.25) is 0 Å². The number of hydrogen-bond donors (Lipinski definition) is 2. The van der Waals surface area contributed by atoms with E-state index in [1.54, 1.807) is 20.3 Å². The van der Waals surface area contributed by atoms with E-state index in [1.165, 1.54) is 7.11 Å². The number of hydrogen-bond acceptors (Lipinski definition) is 5. The molecule has 0 fully saturated rings. The van der Waals surface area contributed by atoms with Gasteiger partial charge < -0.3 is 24.5 Å². The summed E-state index contributed by atoms with van der Waals surface area (Å²) in [6.45, 7) is 0.514. The third kappa shape index (κ3) is 3.47. The predicted molar refractivity (Wildman–Crippen MR) is 79.0 cm³/mol. The van der Waals surface area contributed by atoms with E-state index in [0.717, 1.165) is 22.9 Å². The summed E-state index contributed by atoms with van der Waals surface area (Å²) < 4.78 is 15.1. The number of aromatic amines is 1. The highest BCUT2D eigenvalue weighted by molar-refractivity contribution is 5.87. The molecule has 0 amide bonds. The van der Waals surface area contributed by atoms with Gasteiger partial charge in [0.2, 0.25) is 0 Å². The molecule has 21 heavy (non-hydrogen) atoms. The second-order valence-corrected chi connectivity index (χ2v) is 4.31. The first-order valence-corrected chi connectivity index (χ1v) is 6.40. The summed E-state index contributed by atoms with van der Waals surface area (Å²) in [6, 6.07) is 9.02. The highest BCUT2D eigenvalue weighted by atomic mass is 16.5. The first-order valence-electron chi connectivity index (χ1n) is 6.40. The maximum Gasteiger partial charge on any atom is 0.354 e. The van der Waals surface area contributed by atoms with Crippen LogP contribution in [0, 0.1) is 0 Å². The van der Waals surface area contributed by atoms with Crippen LogP contribution < -0.4 is 14.8 Å². The molecule has 0 saturated heterocycles.